The van der Waals surface area contributed by atoms with E-state index in [1.165, 1.54) is 12.1 Å². The minimum Gasteiger partial charge on any atom is -0.352 e. The second-order valence-electron chi connectivity index (χ2n) is 4.01. The van der Waals surface area contributed by atoms with Crippen LogP contribution in [-0.2, 0) is 4.79 Å². The third-order valence-electron chi connectivity index (χ3n) is 2.62. The Morgan fingerprint density at radius 3 is 2.67 bits per heavy atom. The molecule has 1 aromatic heterocycles. The maximum Gasteiger partial charge on any atom is 0.251 e. The molecule has 18 heavy (non-hydrogen) atoms. The first-order valence-corrected chi connectivity index (χ1v) is 6.21. The van der Waals surface area contributed by atoms with E-state index in [0.717, 1.165) is 6.42 Å². The SMILES string of the molecule is O=C1CCC(CNC(=O)c2cc(Cl)nc(Cl)c2)N1. The molecule has 1 fully saturated rings. The lowest BCUT2D eigenvalue weighted by atomic mass is 10.2. The fourth-order valence-electron chi connectivity index (χ4n) is 1.74. The van der Waals surface area contributed by atoms with E-state index in [2.05, 4.69) is 15.6 Å². The third-order valence-corrected chi connectivity index (χ3v) is 3.01. The number of hydrogen-bond donors (Lipinski definition) is 2. The molecule has 0 aromatic carbocycles. The minimum absolute atomic E-state index is 0.00534. The number of nitrogens with one attached hydrogen (secondary N) is 2. The zero-order valence-electron chi connectivity index (χ0n) is 9.37. The van der Waals surface area contributed by atoms with Gasteiger partial charge in [0.2, 0.25) is 5.91 Å². The van der Waals surface area contributed by atoms with Crippen LogP contribution in [0.15, 0.2) is 12.1 Å². The van der Waals surface area contributed by atoms with Gasteiger partial charge in [-0.1, -0.05) is 23.2 Å². The topological polar surface area (TPSA) is 71.1 Å². The Morgan fingerprint density at radius 1 is 1.44 bits per heavy atom. The summed E-state index contributed by atoms with van der Waals surface area (Å²) in [5.74, 6) is -0.272. The van der Waals surface area contributed by atoms with E-state index in [0.29, 0.717) is 18.5 Å². The van der Waals surface area contributed by atoms with Crippen molar-refractivity contribution in [1.29, 1.82) is 0 Å². The molecule has 1 unspecified atom stereocenters. The van der Waals surface area contributed by atoms with Crippen molar-refractivity contribution < 1.29 is 9.59 Å². The zero-order chi connectivity index (χ0) is 13.1. The molecule has 5 nitrogen and oxygen atoms in total. The highest BCUT2D eigenvalue weighted by molar-refractivity contribution is 6.33. The Kier molecular flexibility index (Phi) is 4.04. The lowest BCUT2D eigenvalue weighted by molar-refractivity contribution is -0.119. The van der Waals surface area contributed by atoms with Crippen LogP contribution in [0.5, 0.6) is 0 Å². The summed E-state index contributed by atoms with van der Waals surface area (Å²) in [6.45, 7) is 0.391. The number of rotatable bonds is 3. The van der Waals surface area contributed by atoms with Crippen LogP contribution in [0.4, 0.5) is 0 Å². The van der Waals surface area contributed by atoms with Crippen molar-refractivity contribution in [2.75, 3.05) is 6.54 Å². The van der Waals surface area contributed by atoms with Gasteiger partial charge < -0.3 is 10.6 Å². The molecule has 0 spiro atoms. The molecule has 0 radical (unpaired) electrons. The van der Waals surface area contributed by atoms with Crippen molar-refractivity contribution in [1.82, 2.24) is 15.6 Å². The van der Waals surface area contributed by atoms with Crippen molar-refractivity contribution in [2.45, 2.75) is 18.9 Å². The molecule has 7 heteroatoms. The maximum atomic E-state index is 11.8. The van der Waals surface area contributed by atoms with E-state index in [-0.39, 0.29) is 28.2 Å². The predicted molar refractivity (Wildman–Crippen MR) is 67.8 cm³/mol. The smallest absolute Gasteiger partial charge is 0.251 e. The normalized spacial score (nSPS) is 18.6. The number of pyridine rings is 1. The predicted octanol–water partition coefficient (Wildman–Crippen LogP) is 1.40. The van der Waals surface area contributed by atoms with E-state index in [1.807, 2.05) is 0 Å². The second-order valence-corrected chi connectivity index (χ2v) is 4.79. The molecule has 0 bridgehead atoms. The molecule has 0 aliphatic carbocycles. The molecule has 1 aliphatic rings. The zero-order valence-corrected chi connectivity index (χ0v) is 10.9. The van der Waals surface area contributed by atoms with E-state index in [4.69, 9.17) is 23.2 Å². The Hall–Kier alpha value is -1.33. The van der Waals surface area contributed by atoms with E-state index in [1.54, 1.807) is 0 Å². The lowest BCUT2D eigenvalue weighted by Crippen LogP contribution is -2.38. The summed E-state index contributed by atoms with van der Waals surface area (Å²) in [5.41, 5.74) is 0.351. The number of nitrogens with zero attached hydrogens (tertiary/aromatic N) is 1. The van der Waals surface area contributed by atoms with Crippen LogP contribution >= 0.6 is 23.2 Å². The van der Waals surface area contributed by atoms with Gasteiger partial charge in [-0.25, -0.2) is 4.98 Å². The van der Waals surface area contributed by atoms with Gasteiger partial charge in [0.1, 0.15) is 10.3 Å². The molecule has 96 valence electrons. The number of hydrogen-bond acceptors (Lipinski definition) is 3. The van der Waals surface area contributed by atoms with Crippen molar-refractivity contribution in [3.05, 3.63) is 28.0 Å². The average Bonchev–Trinajstić information content (AvgIpc) is 2.70. The van der Waals surface area contributed by atoms with E-state index in [9.17, 15) is 9.59 Å². The molecule has 2 rings (SSSR count). The molecule has 1 aliphatic heterocycles. The summed E-state index contributed by atoms with van der Waals surface area (Å²) in [6, 6.07) is 2.88. The van der Waals surface area contributed by atoms with Gasteiger partial charge in [0.15, 0.2) is 0 Å². The van der Waals surface area contributed by atoms with Crippen LogP contribution in [0.25, 0.3) is 0 Å². The van der Waals surface area contributed by atoms with Gasteiger partial charge in [-0.15, -0.1) is 0 Å². The Balaban J connectivity index is 1.93. The van der Waals surface area contributed by atoms with Gasteiger partial charge in [0.25, 0.3) is 5.91 Å². The van der Waals surface area contributed by atoms with Gasteiger partial charge in [0, 0.05) is 24.6 Å². The Morgan fingerprint density at radius 2 is 2.11 bits per heavy atom. The minimum atomic E-state index is -0.289. The van der Waals surface area contributed by atoms with Gasteiger partial charge in [0.05, 0.1) is 0 Å². The fourth-order valence-corrected chi connectivity index (χ4v) is 2.20. The molecule has 1 atom stereocenters. The Labute approximate surface area is 114 Å². The highest BCUT2D eigenvalue weighted by Crippen LogP contribution is 2.14. The molecule has 2 heterocycles. The van der Waals surface area contributed by atoms with Crippen LogP contribution < -0.4 is 10.6 Å². The van der Waals surface area contributed by atoms with Gasteiger partial charge >= 0.3 is 0 Å². The van der Waals surface area contributed by atoms with E-state index >= 15 is 0 Å². The number of halogens is 2. The second kappa shape index (κ2) is 5.54. The first kappa shape index (κ1) is 13.1. The molecule has 1 saturated heterocycles. The first-order valence-electron chi connectivity index (χ1n) is 5.45. The Bertz CT molecular complexity index is 473. The summed E-state index contributed by atoms with van der Waals surface area (Å²) in [4.78, 5) is 26.6. The summed E-state index contributed by atoms with van der Waals surface area (Å²) in [5, 5.41) is 5.82. The van der Waals surface area contributed by atoms with Crippen LogP contribution in [0.2, 0.25) is 10.3 Å². The van der Waals surface area contributed by atoms with Crippen LogP contribution in [-0.4, -0.2) is 29.4 Å². The fraction of sp³-hybridized carbons (Fsp3) is 0.364. The number of carbonyl (C=O) groups is 2. The van der Waals surface area contributed by atoms with Crippen molar-refractivity contribution >= 4 is 35.0 Å². The van der Waals surface area contributed by atoms with Crippen molar-refractivity contribution in [2.24, 2.45) is 0 Å². The van der Waals surface area contributed by atoms with E-state index < -0.39 is 0 Å². The average molecular weight is 288 g/mol. The maximum absolute atomic E-state index is 11.8. The molecular formula is C11H11Cl2N3O2. The quantitative estimate of drug-likeness (QED) is 0.826. The van der Waals surface area contributed by atoms with Gasteiger partial charge in [-0.2, -0.15) is 0 Å². The summed E-state index contributed by atoms with van der Waals surface area (Å²) < 4.78 is 0. The number of aromatic nitrogens is 1. The number of carbonyl (C=O) groups excluding carboxylic acids is 2. The van der Waals surface area contributed by atoms with Crippen LogP contribution in [0.1, 0.15) is 23.2 Å². The highest BCUT2D eigenvalue weighted by atomic mass is 35.5. The molecular weight excluding hydrogens is 277 g/mol. The molecule has 2 N–H and O–H groups in total. The summed E-state index contributed by atoms with van der Waals surface area (Å²) in [6.07, 6.45) is 1.24. The van der Waals surface area contributed by atoms with Gasteiger partial charge in [-0.05, 0) is 18.6 Å². The largest absolute Gasteiger partial charge is 0.352 e. The summed E-state index contributed by atoms with van der Waals surface area (Å²) >= 11 is 11.4. The molecule has 0 saturated carbocycles. The van der Waals surface area contributed by atoms with Crippen molar-refractivity contribution in [3.8, 4) is 0 Å². The molecule has 1 aromatic rings. The summed E-state index contributed by atoms with van der Waals surface area (Å²) in [7, 11) is 0. The number of amides is 2. The standard InChI is InChI=1S/C11H11Cl2N3O2/c12-8-3-6(4-9(13)16-8)11(18)14-5-7-1-2-10(17)15-7/h3-4,7H,1-2,5H2,(H,14,18)(H,15,17). The van der Waals surface area contributed by atoms with Crippen molar-refractivity contribution in [3.63, 3.8) is 0 Å². The molecule has 2 amide bonds. The third kappa shape index (κ3) is 3.34. The monoisotopic (exact) mass is 287 g/mol. The van der Waals surface area contributed by atoms with Crippen LogP contribution in [0.3, 0.4) is 0 Å². The highest BCUT2D eigenvalue weighted by Gasteiger charge is 2.21. The van der Waals surface area contributed by atoms with Crippen LogP contribution in [0, 0.1) is 0 Å². The van der Waals surface area contributed by atoms with Gasteiger partial charge in [-0.3, -0.25) is 9.59 Å². The lowest BCUT2D eigenvalue weighted by Gasteiger charge is -2.11. The first-order chi connectivity index (χ1) is 8.54.